The molecule has 6 heteroatoms. The van der Waals surface area contributed by atoms with Crippen LogP contribution >= 0.6 is 0 Å². The van der Waals surface area contributed by atoms with Crippen molar-refractivity contribution in [1.82, 2.24) is 10.2 Å². The first-order valence-electron chi connectivity index (χ1n) is 8.73. The van der Waals surface area contributed by atoms with Crippen molar-refractivity contribution >= 4 is 23.6 Å². The summed E-state index contributed by atoms with van der Waals surface area (Å²) in [6.45, 7) is 0.237. The zero-order valence-corrected chi connectivity index (χ0v) is 13.7. The molecule has 2 aliphatic carbocycles. The number of carbonyl (C=O) groups excluding carboxylic acids is 3. The Morgan fingerprint density at radius 3 is 2.79 bits per heavy atom. The first kappa shape index (κ1) is 16.6. The lowest BCUT2D eigenvalue weighted by atomic mass is 9.95. The Bertz CT molecular complexity index is 615. The molecule has 1 heterocycles. The Balaban J connectivity index is 1.47. The van der Waals surface area contributed by atoms with Crippen molar-refractivity contribution in [3.8, 4) is 0 Å². The summed E-state index contributed by atoms with van der Waals surface area (Å²) in [6.07, 6.45) is 13.5. The largest absolute Gasteiger partial charge is 0.353 e. The van der Waals surface area contributed by atoms with Gasteiger partial charge in [0.25, 0.3) is 0 Å². The van der Waals surface area contributed by atoms with Gasteiger partial charge in [-0.2, -0.15) is 4.99 Å². The molecule has 1 N–H and O–H groups in total. The molecule has 128 valence electrons. The van der Waals surface area contributed by atoms with Crippen molar-refractivity contribution in [2.24, 2.45) is 10.9 Å². The van der Waals surface area contributed by atoms with Gasteiger partial charge in [-0.05, 0) is 25.3 Å². The van der Waals surface area contributed by atoms with E-state index in [-0.39, 0.29) is 24.4 Å². The van der Waals surface area contributed by atoms with Crippen molar-refractivity contribution in [2.45, 2.75) is 51.0 Å². The highest BCUT2D eigenvalue weighted by Crippen LogP contribution is 2.20. The maximum Gasteiger partial charge on any atom is 0.350 e. The average Bonchev–Trinajstić information content (AvgIpc) is 2.59. The minimum atomic E-state index is -0.529. The van der Waals surface area contributed by atoms with E-state index >= 15 is 0 Å². The smallest absolute Gasteiger partial charge is 0.350 e. The molecule has 1 fully saturated rings. The molecule has 0 aromatic rings. The molecule has 0 saturated heterocycles. The molecule has 0 radical (unpaired) electrons. The van der Waals surface area contributed by atoms with Crippen LogP contribution in [0.5, 0.6) is 0 Å². The SMILES string of the molecule is O=C(CCCN1C(=O)N=C2C=CC=CC2C1=O)NC1CCCCC1. The molecule has 1 aliphatic heterocycles. The predicted molar refractivity (Wildman–Crippen MR) is 90.6 cm³/mol. The third-order valence-corrected chi connectivity index (χ3v) is 4.74. The summed E-state index contributed by atoms with van der Waals surface area (Å²) in [7, 11) is 0. The maximum atomic E-state index is 12.4. The lowest BCUT2D eigenvalue weighted by molar-refractivity contribution is -0.130. The summed E-state index contributed by atoms with van der Waals surface area (Å²) in [5.74, 6) is -0.717. The van der Waals surface area contributed by atoms with Gasteiger partial charge in [-0.1, -0.05) is 37.5 Å². The van der Waals surface area contributed by atoms with E-state index < -0.39 is 11.9 Å². The molecule has 0 spiro atoms. The molecule has 4 amide bonds. The topological polar surface area (TPSA) is 78.8 Å². The predicted octanol–water partition coefficient (Wildman–Crippen LogP) is 2.36. The molecule has 0 bridgehead atoms. The number of allylic oxidation sites excluding steroid dienone is 3. The van der Waals surface area contributed by atoms with Gasteiger partial charge in [-0.25, -0.2) is 4.79 Å². The highest BCUT2D eigenvalue weighted by atomic mass is 16.2. The number of nitrogens with one attached hydrogen (secondary N) is 1. The maximum absolute atomic E-state index is 12.4. The number of rotatable bonds is 5. The van der Waals surface area contributed by atoms with Crippen molar-refractivity contribution in [3.05, 3.63) is 24.3 Å². The molecular formula is C18H23N3O3. The van der Waals surface area contributed by atoms with Crippen molar-refractivity contribution in [1.29, 1.82) is 0 Å². The van der Waals surface area contributed by atoms with Crippen LogP contribution in [0, 0.1) is 5.92 Å². The second-order valence-corrected chi connectivity index (χ2v) is 6.54. The van der Waals surface area contributed by atoms with E-state index in [0.29, 0.717) is 18.6 Å². The van der Waals surface area contributed by atoms with Crippen LogP contribution in [0.25, 0.3) is 0 Å². The molecular weight excluding hydrogens is 306 g/mol. The Labute approximate surface area is 141 Å². The van der Waals surface area contributed by atoms with Crippen LogP contribution in [0.2, 0.25) is 0 Å². The zero-order chi connectivity index (χ0) is 16.9. The Kier molecular flexibility index (Phi) is 5.23. The summed E-state index contributed by atoms with van der Waals surface area (Å²) in [5.41, 5.74) is 0.499. The summed E-state index contributed by atoms with van der Waals surface area (Å²) in [6, 6.07) is -0.241. The quantitative estimate of drug-likeness (QED) is 0.841. The standard InChI is InChI=1S/C18H23N3O3/c22-16(19-13-7-2-1-3-8-13)11-6-12-21-17(23)14-9-4-5-10-15(14)20-18(21)24/h4-5,9-10,13-14H,1-3,6-8,11-12H2,(H,19,22). The van der Waals surface area contributed by atoms with Crippen molar-refractivity contribution in [2.75, 3.05) is 6.54 Å². The third-order valence-electron chi connectivity index (χ3n) is 4.74. The van der Waals surface area contributed by atoms with Crippen molar-refractivity contribution in [3.63, 3.8) is 0 Å². The Morgan fingerprint density at radius 2 is 2.00 bits per heavy atom. The van der Waals surface area contributed by atoms with Gasteiger partial charge in [-0.3, -0.25) is 14.5 Å². The van der Waals surface area contributed by atoms with Crippen molar-refractivity contribution < 1.29 is 14.4 Å². The van der Waals surface area contributed by atoms with Crippen LogP contribution in [-0.2, 0) is 9.59 Å². The van der Waals surface area contributed by atoms with Crippen LogP contribution < -0.4 is 5.32 Å². The minimum Gasteiger partial charge on any atom is -0.353 e. The number of carbonyl (C=O) groups is 3. The van der Waals surface area contributed by atoms with Gasteiger partial charge in [0.1, 0.15) is 0 Å². The van der Waals surface area contributed by atoms with E-state index in [9.17, 15) is 14.4 Å². The van der Waals surface area contributed by atoms with Crippen LogP contribution in [-0.4, -0.2) is 41.0 Å². The second kappa shape index (κ2) is 7.55. The van der Waals surface area contributed by atoms with Gasteiger partial charge < -0.3 is 5.32 Å². The summed E-state index contributed by atoms with van der Waals surface area (Å²) in [4.78, 5) is 41.5. The molecule has 0 aromatic heterocycles. The van der Waals surface area contributed by atoms with E-state index in [1.807, 2.05) is 0 Å². The van der Waals surface area contributed by atoms with Crippen LogP contribution in [0.1, 0.15) is 44.9 Å². The molecule has 1 unspecified atom stereocenters. The third kappa shape index (κ3) is 3.80. The summed E-state index contributed by atoms with van der Waals surface area (Å²) in [5, 5.41) is 3.05. The molecule has 6 nitrogen and oxygen atoms in total. The van der Waals surface area contributed by atoms with E-state index in [2.05, 4.69) is 10.3 Å². The van der Waals surface area contributed by atoms with Gasteiger partial charge in [0, 0.05) is 19.0 Å². The first-order valence-corrected chi connectivity index (χ1v) is 8.73. The number of fused-ring (bicyclic) bond motifs is 1. The lowest BCUT2D eigenvalue weighted by Crippen LogP contribution is -2.46. The van der Waals surface area contributed by atoms with Gasteiger partial charge in [0.2, 0.25) is 11.8 Å². The van der Waals surface area contributed by atoms with E-state index in [4.69, 9.17) is 0 Å². The number of amides is 4. The normalized spacial score (nSPS) is 23.9. The molecule has 3 rings (SSSR count). The van der Waals surface area contributed by atoms with E-state index in [1.165, 1.54) is 19.3 Å². The van der Waals surface area contributed by atoms with Gasteiger partial charge in [-0.15, -0.1) is 0 Å². The monoisotopic (exact) mass is 329 g/mol. The summed E-state index contributed by atoms with van der Waals surface area (Å²) >= 11 is 0. The number of urea groups is 1. The fraction of sp³-hybridized carbons (Fsp3) is 0.556. The number of nitrogens with zero attached hydrogens (tertiary/aromatic N) is 2. The molecule has 0 aromatic carbocycles. The zero-order valence-electron chi connectivity index (χ0n) is 13.7. The van der Waals surface area contributed by atoms with Crippen LogP contribution in [0.15, 0.2) is 29.3 Å². The first-order chi connectivity index (χ1) is 11.6. The van der Waals surface area contributed by atoms with Gasteiger partial charge >= 0.3 is 6.03 Å². The molecule has 24 heavy (non-hydrogen) atoms. The van der Waals surface area contributed by atoms with E-state index in [0.717, 1.165) is 17.7 Å². The van der Waals surface area contributed by atoms with Crippen LogP contribution in [0.4, 0.5) is 4.79 Å². The number of hydrogen-bond donors (Lipinski definition) is 1. The number of hydrogen-bond acceptors (Lipinski definition) is 3. The minimum absolute atomic E-state index is 0.00323. The highest BCUT2D eigenvalue weighted by molar-refractivity contribution is 6.21. The Hall–Kier alpha value is -2.24. The fourth-order valence-electron chi connectivity index (χ4n) is 3.43. The molecule has 1 atom stereocenters. The van der Waals surface area contributed by atoms with E-state index in [1.54, 1.807) is 24.3 Å². The van der Waals surface area contributed by atoms with Gasteiger partial charge in [0.15, 0.2) is 0 Å². The summed E-state index contributed by atoms with van der Waals surface area (Å²) < 4.78 is 0. The second-order valence-electron chi connectivity index (χ2n) is 6.54. The van der Waals surface area contributed by atoms with Gasteiger partial charge in [0.05, 0.1) is 11.6 Å². The molecule has 1 saturated carbocycles. The van der Waals surface area contributed by atoms with Crippen LogP contribution in [0.3, 0.4) is 0 Å². The Morgan fingerprint density at radius 1 is 1.21 bits per heavy atom. The average molecular weight is 329 g/mol. The fourth-order valence-corrected chi connectivity index (χ4v) is 3.43. The number of imide groups is 1. The lowest BCUT2D eigenvalue weighted by Gasteiger charge is -2.28. The highest BCUT2D eigenvalue weighted by Gasteiger charge is 2.35. The molecule has 3 aliphatic rings. The number of aliphatic imine (C=N–C) groups is 1.